The first-order chi connectivity index (χ1) is 12.3. The molecule has 0 saturated carbocycles. The maximum Gasteiger partial charge on any atom is 0.417 e. The number of hydrogen-bond acceptors (Lipinski definition) is 6. The Morgan fingerprint density at radius 3 is 2.73 bits per heavy atom. The summed E-state index contributed by atoms with van der Waals surface area (Å²) in [6, 6.07) is 9.72. The summed E-state index contributed by atoms with van der Waals surface area (Å²) in [7, 11) is 0. The van der Waals surface area contributed by atoms with Crippen LogP contribution in [0.25, 0.3) is 11.0 Å². The molecule has 3 rings (SSSR count). The molecule has 1 amide bonds. The average Bonchev–Trinajstić information content (AvgIpc) is 2.55. The van der Waals surface area contributed by atoms with Gasteiger partial charge in [-0.15, -0.1) is 0 Å². The second kappa shape index (κ2) is 6.85. The van der Waals surface area contributed by atoms with Crippen LogP contribution in [0.3, 0.4) is 0 Å². The van der Waals surface area contributed by atoms with Crippen molar-refractivity contribution in [1.82, 2.24) is 0 Å². The third kappa shape index (κ3) is 3.65. The lowest BCUT2D eigenvalue weighted by molar-refractivity contribution is -0.383. The van der Waals surface area contributed by atoms with Gasteiger partial charge in [0.25, 0.3) is 5.69 Å². The van der Waals surface area contributed by atoms with E-state index < -0.39 is 16.6 Å². The minimum atomic E-state index is -0.940. The number of carbonyl (C=O) groups excluding carboxylic acids is 1. The fraction of sp³-hybridized carbons (Fsp3) is 0.0588. The molecule has 0 unspecified atom stereocenters. The average molecular weight is 375 g/mol. The Morgan fingerprint density at radius 2 is 2.00 bits per heavy atom. The Kier molecular flexibility index (Phi) is 4.59. The van der Waals surface area contributed by atoms with Crippen LogP contribution in [0.2, 0.25) is 5.02 Å². The molecule has 0 bridgehead atoms. The van der Waals surface area contributed by atoms with Crippen molar-refractivity contribution in [2.75, 3.05) is 5.32 Å². The summed E-state index contributed by atoms with van der Waals surface area (Å²) in [6.07, 6.45) is -0.940. The number of aryl methyl sites for hydroxylation is 1. The number of nitrogens with one attached hydrogen (secondary N) is 1. The monoisotopic (exact) mass is 374 g/mol. The predicted molar refractivity (Wildman–Crippen MR) is 95.0 cm³/mol. The normalized spacial score (nSPS) is 10.5. The van der Waals surface area contributed by atoms with Gasteiger partial charge in [-0.25, -0.2) is 9.59 Å². The number of fused-ring (bicyclic) bond motifs is 1. The van der Waals surface area contributed by atoms with E-state index in [9.17, 15) is 19.7 Å². The number of hydrogen-bond donors (Lipinski definition) is 1. The number of ether oxygens (including phenoxy) is 1. The van der Waals surface area contributed by atoms with Crippen molar-refractivity contribution >= 4 is 40.0 Å². The molecule has 3 aromatic rings. The molecule has 0 radical (unpaired) electrons. The first-order valence-electron chi connectivity index (χ1n) is 7.31. The Bertz CT molecular complexity index is 1090. The predicted octanol–water partition coefficient (Wildman–Crippen LogP) is 4.27. The summed E-state index contributed by atoms with van der Waals surface area (Å²) in [6.45, 7) is 1.76. The van der Waals surface area contributed by atoms with E-state index in [-0.39, 0.29) is 27.7 Å². The lowest BCUT2D eigenvalue weighted by atomic mass is 10.1. The molecule has 0 fully saturated rings. The van der Waals surface area contributed by atoms with Gasteiger partial charge in [0.15, 0.2) is 0 Å². The second-order valence-corrected chi connectivity index (χ2v) is 5.78. The van der Waals surface area contributed by atoms with Crippen LogP contribution in [0.5, 0.6) is 5.75 Å². The van der Waals surface area contributed by atoms with Crippen LogP contribution in [0.1, 0.15) is 5.56 Å². The maximum absolute atomic E-state index is 12.0. The van der Waals surface area contributed by atoms with Gasteiger partial charge in [-0.2, -0.15) is 0 Å². The van der Waals surface area contributed by atoms with Gasteiger partial charge in [-0.3, -0.25) is 15.4 Å². The van der Waals surface area contributed by atoms with Gasteiger partial charge < -0.3 is 9.15 Å². The molecule has 1 aromatic heterocycles. The van der Waals surface area contributed by atoms with Gasteiger partial charge >= 0.3 is 11.7 Å². The molecule has 9 heteroatoms. The smallest absolute Gasteiger partial charge is 0.417 e. The maximum atomic E-state index is 12.0. The van der Waals surface area contributed by atoms with Crippen LogP contribution in [0.15, 0.2) is 51.7 Å². The highest BCUT2D eigenvalue weighted by molar-refractivity contribution is 6.31. The molecule has 8 nitrogen and oxygen atoms in total. The van der Waals surface area contributed by atoms with Crippen LogP contribution in [0.4, 0.5) is 16.2 Å². The first-order valence-corrected chi connectivity index (χ1v) is 7.68. The van der Waals surface area contributed by atoms with Gasteiger partial charge in [0, 0.05) is 28.6 Å². The Labute approximate surface area is 151 Å². The van der Waals surface area contributed by atoms with Crippen LogP contribution < -0.4 is 15.7 Å². The van der Waals surface area contributed by atoms with E-state index in [0.29, 0.717) is 5.39 Å². The standard InChI is InChI=1S/C17H11ClN2O6/c1-9-6-16(21)26-15-8-11(3-4-12(9)15)25-17(22)19-13-5-2-10(18)7-14(13)20(23)24/h2-8H,1H3,(H,19,22). The number of carbonyl (C=O) groups is 1. The number of amides is 1. The molecule has 0 spiro atoms. The minimum Gasteiger partial charge on any atom is -0.423 e. The summed E-state index contributed by atoms with van der Waals surface area (Å²) in [5.41, 5.74) is 0.0392. The molecule has 0 aliphatic heterocycles. The molecule has 132 valence electrons. The SMILES string of the molecule is Cc1cc(=O)oc2cc(OC(=O)Nc3ccc(Cl)cc3[N+](=O)[O-])ccc12. The molecule has 0 atom stereocenters. The molecule has 1 heterocycles. The van der Waals surface area contributed by atoms with Gasteiger partial charge in [0.2, 0.25) is 0 Å². The van der Waals surface area contributed by atoms with Crippen LogP contribution in [-0.4, -0.2) is 11.0 Å². The van der Waals surface area contributed by atoms with Crippen LogP contribution in [-0.2, 0) is 0 Å². The van der Waals surface area contributed by atoms with Crippen LogP contribution >= 0.6 is 11.6 Å². The lowest BCUT2D eigenvalue weighted by Gasteiger charge is -2.08. The third-order valence-electron chi connectivity index (χ3n) is 3.53. The lowest BCUT2D eigenvalue weighted by Crippen LogP contribution is -2.17. The molecule has 0 aliphatic carbocycles. The van der Waals surface area contributed by atoms with Crippen molar-refractivity contribution in [3.63, 3.8) is 0 Å². The van der Waals surface area contributed by atoms with E-state index in [1.165, 1.54) is 30.3 Å². The Hall–Kier alpha value is -3.39. The molecule has 26 heavy (non-hydrogen) atoms. The number of benzene rings is 2. The fourth-order valence-electron chi connectivity index (χ4n) is 2.37. The summed E-state index contributed by atoms with van der Waals surface area (Å²) >= 11 is 5.72. The van der Waals surface area contributed by atoms with Crippen molar-refractivity contribution in [1.29, 1.82) is 0 Å². The van der Waals surface area contributed by atoms with Crippen molar-refractivity contribution in [3.05, 3.63) is 73.6 Å². The van der Waals surface area contributed by atoms with E-state index in [1.807, 2.05) is 0 Å². The van der Waals surface area contributed by atoms with E-state index in [1.54, 1.807) is 13.0 Å². The topological polar surface area (TPSA) is 112 Å². The van der Waals surface area contributed by atoms with E-state index >= 15 is 0 Å². The van der Waals surface area contributed by atoms with Crippen molar-refractivity contribution in [2.45, 2.75) is 6.92 Å². The van der Waals surface area contributed by atoms with E-state index in [4.69, 9.17) is 20.8 Å². The summed E-state index contributed by atoms with van der Waals surface area (Å²) in [5, 5.41) is 14.2. The Balaban J connectivity index is 1.84. The highest BCUT2D eigenvalue weighted by atomic mass is 35.5. The Morgan fingerprint density at radius 1 is 1.23 bits per heavy atom. The van der Waals surface area contributed by atoms with Gasteiger partial charge in [0.1, 0.15) is 17.0 Å². The van der Waals surface area contributed by atoms with Crippen LogP contribution in [0, 0.1) is 17.0 Å². The summed E-state index contributed by atoms with van der Waals surface area (Å²) in [5.74, 6) is 0.111. The van der Waals surface area contributed by atoms with Crippen molar-refractivity contribution in [3.8, 4) is 5.75 Å². The minimum absolute atomic E-state index is 0.0624. The highest BCUT2D eigenvalue weighted by Crippen LogP contribution is 2.28. The second-order valence-electron chi connectivity index (χ2n) is 5.34. The fourth-order valence-corrected chi connectivity index (χ4v) is 2.54. The summed E-state index contributed by atoms with van der Waals surface area (Å²) in [4.78, 5) is 33.8. The molecule has 1 N–H and O–H groups in total. The van der Waals surface area contributed by atoms with E-state index in [2.05, 4.69) is 5.32 Å². The van der Waals surface area contributed by atoms with Crippen molar-refractivity contribution < 1.29 is 18.9 Å². The van der Waals surface area contributed by atoms with Gasteiger partial charge in [-0.05, 0) is 36.8 Å². The number of nitro groups is 1. The van der Waals surface area contributed by atoms with Gasteiger partial charge in [-0.1, -0.05) is 11.6 Å². The van der Waals surface area contributed by atoms with E-state index in [0.717, 1.165) is 11.6 Å². The number of nitro benzene ring substituents is 1. The number of anilines is 1. The zero-order valence-electron chi connectivity index (χ0n) is 13.3. The first kappa shape index (κ1) is 17.4. The number of nitrogens with zero attached hydrogens (tertiary/aromatic N) is 1. The van der Waals surface area contributed by atoms with Crippen molar-refractivity contribution in [2.24, 2.45) is 0 Å². The zero-order valence-corrected chi connectivity index (χ0v) is 14.1. The molecule has 0 aliphatic rings. The highest BCUT2D eigenvalue weighted by Gasteiger charge is 2.17. The molecule has 2 aromatic carbocycles. The largest absolute Gasteiger partial charge is 0.423 e. The number of halogens is 1. The molecule has 0 saturated heterocycles. The zero-order chi connectivity index (χ0) is 18.8. The summed E-state index contributed by atoms with van der Waals surface area (Å²) < 4.78 is 10.2. The third-order valence-corrected chi connectivity index (χ3v) is 3.76. The quantitative estimate of drug-likeness (QED) is 0.416. The number of rotatable bonds is 3. The van der Waals surface area contributed by atoms with Gasteiger partial charge in [0.05, 0.1) is 4.92 Å². The molecular formula is C17H11ClN2O6. The molecular weight excluding hydrogens is 364 g/mol.